The van der Waals surface area contributed by atoms with Crippen LogP contribution in [0.1, 0.15) is 29.5 Å². The van der Waals surface area contributed by atoms with Crippen LogP contribution in [0.25, 0.3) is 10.8 Å². The molecule has 3 rings (SSSR count). The number of ether oxygens (including phenoxy) is 1. The Morgan fingerprint density at radius 3 is 2.27 bits per heavy atom. The molecule has 0 spiro atoms. The monoisotopic (exact) mass is 426 g/mol. The third kappa shape index (κ3) is 5.37. The number of carbonyl (C=O) groups is 1. The van der Waals surface area contributed by atoms with Gasteiger partial charge in [-0.25, -0.2) is 13.1 Å². The van der Waals surface area contributed by atoms with Gasteiger partial charge in [0.25, 0.3) is 0 Å². The lowest BCUT2D eigenvalue weighted by molar-refractivity contribution is -0.122. The number of nitrogens with one attached hydrogen (secondary N) is 2. The molecule has 0 fully saturated rings. The molecular weight excluding hydrogens is 400 g/mol. The van der Waals surface area contributed by atoms with Gasteiger partial charge in [0.1, 0.15) is 5.75 Å². The highest BCUT2D eigenvalue weighted by Crippen LogP contribution is 2.25. The van der Waals surface area contributed by atoms with Crippen LogP contribution in [0.15, 0.2) is 60.7 Å². The summed E-state index contributed by atoms with van der Waals surface area (Å²) in [5.41, 5.74) is 2.55. The Hall–Kier alpha value is -2.90. The summed E-state index contributed by atoms with van der Waals surface area (Å²) in [6, 6.07) is 19.0. The summed E-state index contributed by atoms with van der Waals surface area (Å²) >= 11 is 0. The van der Waals surface area contributed by atoms with Gasteiger partial charge in [-0.05, 0) is 53.6 Å². The van der Waals surface area contributed by atoms with Crippen molar-refractivity contribution in [1.29, 1.82) is 0 Å². The molecule has 0 heterocycles. The highest BCUT2D eigenvalue weighted by atomic mass is 32.2. The predicted molar refractivity (Wildman–Crippen MR) is 119 cm³/mol. The molecule has 7 heteroatoms. The third-order valence-electron chi connectivity index (χ3n) is 5.12. The minimum absolute atomic E-state index is 0.0651. The summed E-state index contributed by atoms with van der Waals surface area (Å²) in [4.78, 5) is 12.6. The molecule has 2 N–H and O–H groups in total. The normalized spacial score (nSPS) is 12.5. The van der Waals surface area contributed by atoms with Crippen molar-refractivity contribution in [3.63, 3.8) is 0 Å². The largest absolute Gasteiger partial charge is 0.497 e. The maximum Gasteiger partial charge on any atom is 0.227 e. The van der Waals surface area contributed by atoms with E-state index in [4.69, 9.17) is 4.74 Å². The molecule has 1 amide bonds. The molecule has 0 aromatic heterocycles. The summed E-state index contributed by atoms with van der Waals surface area (Å²) in [7, 11) is -0.265. The van der Waals surface area contributed by atoms with Crippen molar-refractivity contribution in [2.24, 2.45) is 0 Å². The standard InChI is InChI=1S/C23H26N2O4S/c1-16(19-8-9-21-13-22(29-3)11-10-20(21)12-19)23(26)25-14-17-4-6-18(7-5-17)15-30(27,28)24-2/h4-13,16,24H,14-15H2,1-3H3,(H,25,26)/t16-/m0/s1. The zero-order chi connectivity index (χ0) is 21.7. The maximum atomic E-state index is 12.6. The first-order valence-corrected chi connectivity index (χ1v) is 11.3. The average Bonchev–Trinajstić information content (AvgIpc) is 2.76. The zero-order valence-corrected chi connectivity index (χ0v) is 18.1. The number of sulfonamides is 1. The second kappa shape index (κ2) is 9.28. The second-order valence-electron chi connectivity index (χ2n) is 7.19. The zero-order valence-electron chi connectivity index (χ0n) is 17.3. The molecule has 0 unspecified atom stereocenters. The maximum absolute atomic E-state index is 12.6. The minimum Gasteiger partial charge on any atom is -0.497 e. The quantitative estimate of drug-likeness (QED) is 0.579. The molecule has 30 heavy (non-hydrogen) atoms. The van der Waals surface area contributed by atoms with E-state index in [0.29, 0.717) is 12.1 Å². The number of hydrogen-bond donors (Lipinski definition) is 2. The Kier molecular flexibility index (Phi) is 6.74. The Morgan fingerprint density at radius 2 is 1.60 bits per heavy atom. The summed E-state index contributed by atoms with van der Waals surface area (Å²) in [6.07, 6.45) is 0. The van der Waals surface area contributed by atoms with Crippen molar-refractivity contribution in [3.05, 3.63) is 77.4 Å². The van der Waals surface area contributed by atoms with E-state index in [1.807, 2.05) is 55.5 Å². The number of carbonyl (C=O) groups excluding carboxylic acids is 1. The molecule has 0 saturated heterocycles. The van der Waals surface area contributed by atoms with Crippen molar-refractivity contribution in [2.45, 2.75) is 25.1 Å². The molecule has 3 aromatic carbocycles. The highest BCUT2D eigenvalue weighted by Gasteiger charge is 2.15. The summed E-state index contributed by atoms with van der Waals surface area (Å²) in [5, 5.41) is 5.07. The molecule has 0 aliphatic rings. The van der Waals surface area contributed by atoms with Crippen LogP contribution < -0.4 is 14.8 Å². The van der Waals surface area contributed by atoms with E-state index in [1.165, 1.54) is 7.05 Å². The van der Waals surface area contributed by atoms with Gasteiger partial charge >= 0.3 is 0 Å². The van der Waals surface area contributed by atoms with E-state index in [-0.39, 0.29) is 17.6 Å². The van der Waals surface area contributed by atoms with E-state index in [9.17, 15) is 13.2 Å². The number of benzene rings is 3. The van der Waals surface area contributed by atoms with Gasteiger partial charge in [0.05, 0.1) is 18.8 Å². The van der Waals surface area contributed by atoms with Gasteiger partial charge < -0.3 is 10.1 Å². The molecule has 158 valence electrons. The Balaban J connectivity index is 1.62. The first-order valence-electron chi connectivity index (χ1n) is 9.66. The van der Waals surface area contributed by atoms with Crippen molar-refractivity contribution < 1.29 is 17.9 Å². The fraction of sp³-hybridized carbons (Fsp3) is 0.261. The first-order chi connectivity index (χ1) is 14.3. The number of fused-ring (bicyclic) bond motifs is 1. The van der Waals surface area contributed by atoms with Gasteiger partial charge in [-0.3, -0.25) is 4.79 Å². The lowest BCUT2D eigenvalue weighted by Gasteiger charge is -2.14. The lowest BCUT2D eigenvalue weighted by atomic mass is 9.97. The molecule has 1 atom stereocenters. The molecule has 0 bridgehead atoms. The van der Waals surface area contributed by atoms with Crippen molar-refractivity contribution in [2.75, 3.05) is 14.2 Å². The first kappa shape index (κ1) is 21.8. The van der Waals surface area contributed by atoms with Crippen LogP contribution in [0.3, 0.4) is 0 Å². The van der Waals surface area contributed by atoms with Crippen LogP contribution >= 0.6 is 0 Å². The van der Waals surface area contributed by atoms with Crippen LogP contribution in [0.4, 0.5) is 0 Å². The average molecular weight is 427 g/mol. The number of hydrogen-bond acceptors (Lipinski definition) is 4. The number of rotatable bonds is 8. The van der Waals surface area contributed by atoms with Crippen LogP contribution in [0, 0.1) is 0 Å². The van der Waals surface area contributed by atoms with Gasteiger partial charge in [-0.1, -0.05) is 48.5 Å². The van der Waals surface area contributed by atoms with E-state index >= 15 is 0 Å². The van der Waals surface area contributed by atoms with Crippen molar-refractivity contribution >= 4 is 26.7 Å². The summed E-state index contributed by atoms with van der Waals surface area (Å²) < 4.78 is 30.8. The Morgan fingerprint density at radius 1 is 0.967 bits per heavy atom. The highest BCUT2D eigenvalue weighted by molar-refractivity contribution is 7.88. The van der Waals surface area contributed by atoms with Gasteiger partial charge in [0.15, 0.2) is 0 Å². The smallest absolute Gasteiger partial charge is 0.227 e. The van der Waals surface area contributed by atoms with Crippen molar-refractivity contribution in [1.82, 2.24) is 10.0 Å². The Bertz CT molecular complexity index is 1140. The SMILES string of the molecule is CNS(=O)(=O)Cc1ccc(CNC(=O)[C@@H](C)c2ccc3cc(OC)ccc3c2)cc1. The fourth-order valence-corrected chi connectivity index (χ4v) is 3.95. The third-order valence-corrected chi connectivity index (χ3v) is 6.46. The fourth-order valence-electron chi connectivity index (χ4n) is 3.18. The van der Waals surface area contributed by atoms with Gasteiger partial charge in [0.2, 0.25) is 15.9 Å². The van der Waals surface area contributed by atoms with Gasteiger partial charge in [-0.15, -0.1) is 0 Å². The van der Waals surface area contributed by atoms with Crippen LogP contribution in [-0.4, -0.2) is 28.5 Å². The summed E-state index contributed by atoms with van der Waals surface area (Å²) in [6.45, 7) is 2.26. The molecule has 6 nitrogen and oxygen atoms in total. The topological polar surface area (TPSA) is 84.5 Å². The molecule has 3 aromatic rings. The molecule has 0 aliphatic heterocycles. The molecule has 0 saturated carbocycles. The van der Waals surface area contributed by atoms with E-state index < -0.39 is 10.0 Å². The minimum atomic E-state index is -3.30. The molecule has 0 aliphatic carbocycles. The number of amides is 1. The van der Waals surface area contributed by atoms with Crippen molar-refractivity contribution in [3.8, 4) is 5.75 Å². The second-order valence-corrected chi connectivity index (χ2v) is 9.12. The predicted octanol–water partition coefficient (Wildman–Crippen LogP) is 3.32. The van der Waals surface area contributed by atoms with Gasteiger partial charge in [0, 0.05) is 6.54 Å². The van der Waals surface area contributed by atoms with Crippen LogP contribution in [0.5, 0.6) is 5.75 Å². The van der Waals surface area contributed by atoms with Crippen LogP contribution in [-0.2, 0) is 27.1 Å². The van der Waals surface area contributed by atoms with E-state index in [0.717, 1.165) is 27.6 Å². The van der Waals surface area contributed by atoms with E-state index in [2.05, 4.69) is 10.0 Å². The Labute approximate surface area is 177 Å². The van der Waals surface area contributed by atoms with Gasteiger partial charge in [-0.2, -0.15) is 0 Å². The lowest BCUT2D eigenvalue weighted by Crippen LogP contribution is -2.27. The van der Waals surface area contributed by atoms with E-state index in [1.54, 1.807) is 19.2 Å². The number of methoxy groups -OCH3 is 1. The van der Waals surface area contributed by atoms with Crippen LogP contribution in [0.2, 0.25) is 0 Å². The molecule has 0 radical (unpaired) electrons. The summed E-state index contributed by atoms with van der Waals surface area (Å²) in [5.74, 6) is 0.373. The molecular formula is C23H26N2O4S.